The number of thiophene rings is 1. The third-order valence-electron chi connectivity index (χ3n) is 11.7. The van der Waals surface area contributed by atoms with Gasteiger partial charge in [-0.2, -0.15) is 0 Å². The van der Waals surface area contributed by atoms with E-state index in [0.29, 0.717) is 5.92 Å². The number of nitrogens with one attached hydrogen (secondary N) is 2. The third-order valence-corrected chi connectivity index (χ3v) is 12.9. The van der Waals surface area contributed by atoms with E-state index in [-0.39, 0.29) is 36.4 Å². The lowest BCUT2D eigenvalue weighted by Crippen LogP contribution is -2.55. The molecule has 4 aromatic carbocycles. The molecule has 0 bridgehead atoms. The summed E-state index contributed by atoms with van der Waals surface area (Å²) in [4.78, 5) is 6.82. The standard InChI is InChI=1S/C45H37N3O2S/c1-2-10-26(11-3-1)43-46-44(48-45(47-43)28-21-23-40-34(24-28)30-13-5-7-19-39(30)51-40)27-20-22-37-35(25-27)41-31(14-9-18-38(41)49-37)33-16-8-15-32-29-12-4-6-17-36(29)50-42(32)33/h1-20,22,24,27,35,37-38,41,43-44,46H,21,23,25H2,(H,47,48)/t27?,35?,37-,38?,41?,43?,44?/m1/s1. The van der Waals surface area contributed by atoms with E-state index in [2.05, 4.69) is 138 Å². The molecule has 6 heteroatoms. The van der Waals surface area contributed by atoms with Crippen LogP contribution >= 0.6 is 11.3 Å². The Bertz CT molecular complexity index is 2500. The molecule has 0 saturated carbocycles. The lowest BCUT2D eigenvalue weighted by atomic mass is 9.70. The summed E-state index contributed by atoms with van der Waals surface area (Å²) < 4.78 is 14.7. The molecule has 11 rings (SSSR count). The number of amidine groups is 1. The number of furan rings is 1. The van der Waals surface area contributed by atoms with Crippen molar-refractivity contribution in [3.63, 3.8) is 0 Å². The molecule has 5 aliphatic rings. The summed E-state index contributed by atoms with van der Waals surface area (Å²) in [6.07, 6.45) is 16.9. The maximum atomic E-state index is 6.78. The molecule has 0 spiro atoms. The van der Waals surface area contributed by atoms with Crippen LogP contribution in [0.5, 0.6) is 0 Å². The molecule has 0 radical (unpaired) electrons. The van der Waals surface area contributed by atoms with Crippen molar-refractivity contribution in [2.75, 3.05) is 0 Å². The maximum absolute atomic E-state index is 6.78. The topological polar surface area (TPSA) is 58.8 Å². The second kappa shape index (κ2) is 11.8. The van der Waals surface area contributed by atoms with Crippen molar-refractivity contribution in [1.82, 2.24) is 10.6 Å². The van der Waals surface area contributed by atoms with Crippen LogP contribution in [-0.4, -0.2) is 24.2 Å². The van der Waals surface area contributed by atoms with Gasteiger partial charge in [0.1, 0.15) is 23.2 Å². The lowest BCUT2D eigenvalue weighted by Gasteiger charge is -2.40. The van der Waals surface area contributed by atoms with Crippen molar-refractivity contribution in [2.24, 2.45) is 22.7 Å². The van der Waals surface area contributed by atoms with Crippen LogP contribution in [0.1, 0.15) is 40.6 Å². The van der Waals surface area contributed by atoms with Gasteiger partial charge < -0.3 is 14.5 Å². The molecule has 1 fully saturated rings. The number of rotatable bonds is 4. The van der Waals surface area contributed by atoms with Gasteiger partial charge in [-0.15, -0.1) is 11.3 Å². The fourth-order valence-corrected chi connectivity index (χ4v) is 10.5. The summed E-state index contributed by atoms with van der Waals surface area (Å²) in [5.41, 5.74) is 8.23. The second-order valence-corrected chi connectivity index (χ2v) is 15.6. The highest BCUT2D eigenvalue weighted by Crippen LogP contribution is 2.51. The van der Waals surface area contributed by atoms with Gasteiger partial charge >= 0.3 is 0 Å². The maximum Gasteiger partial charge on any atom is 0.142 e. The molecule has 2 aliphatic heterocycles. The first kappa shape index (κ1) is 29.7. The minimum Gasteiger partial charge on any atom is -0.455 e. The molecule has 51 heavy (non-hydrogen) atoms. The average Bonchev–Trinajstić information content (AvgIpc) is 3.89. The van der Waals surface area contributed by atoms with E-state index in [9.17, 15) is 0 Å². The van der Waals surface area contributed by atoms with Crippen LogP contribution in [0.4, 0.5) is 0 Å². The largest absolute Gasteiger partial charge is 0.455 e. The van der Waals surface area contributed by atoms with Crippen molar-refractivity contribution < 1.29 is 9.15 Å². The molecule has 3 aliphatic carbocycles. The van der Waals surface area contributed by atoms with Crippen LogP contribution in [0, 0.1) is 17.8 Å². The predicted molar refractivity (Wildman–Crippen MR) is 209 cm³/mol. The number of fused-ring (bicyclic) bond motifs is 9. The van der Waals surface area contributed by atoms with Gasteiger partial charge in [-0.05, 0) is 71.0 Å². The number of hydrogen-bond donors (Lipinski definition) is 2. The number of ether oxygens (including phenoxy) is 1. The number of nitrogens with zero attached hydrogens (tertiary/aromatic N) is 1. The number of allylic oxidation sites excluding steroid dienone is 2. The highest BCUT2D eigenvalue weighted by atomic mass is 32.1. The third kappa shape index (κ3) is 4.85. The van der Waals surface area contributed by atoms with Crippen LogP contribution < -0.4 is 10.6 Å². The van der Waals surface area contributed by atoms with Crippen molar-refractivity contribution in [3.8, 4) is 0 Å². The minimum atomic E-state index is -0.133. The molecule has 0 amide bonds. The minimum absolute atomic E-state index is 0.0193. The molecular weight excluding hydrogens is 647 g/mol. The molecule has 2 aromatic heterocycles. The average molecular weight is 684 g/mol. The smallest absolute Gasteiger partial charge is 0.142 e. The van der Waals surface area contributed by atoms with Gasteiger partial charge in [-0.25, -0.2) is 4.99 Å². The normalized spacial score (nSPS) is 28.2. The molecule has 4 heterocycles. The molecule has 6 unspecified atom stereocenters. The summed E-state index contributed by atoms with van der Waals surface area (Å²) in [6, 6.07) is 34.4. The quantitative estimate of drug-likeness (QED) is 0.182. The second-order valence-electron chi connectivity index (χ2n) is 14.5. The zero-order valence-electron chi connectivity index (χ0n) is 28.0. The Morgan fingerprint density at radius 3 is 2.55 bits per heavy atom. The Hall–Kier alpha value is -5.01. The van der Waals surface area contributed by atoms with E-state index in [0.717, 1.165) is 41.7 Å². The first-order valence-electron chi connectivity index (χ1n) is 18.2. The van der Waals surface area contributed by atoms with Crippen LogP contribution in [-0.2, 0) is 11.2 Å². The van der Waals surface area contributed by atoms with Gasteiger partial charge in [-0.1, -0.05) is 115 Å². The van der Waals surface area contributed by atoms with Crippen molar-refractivity contribution >= 4 is 60.8 Å². The highest BCUT2D eigenvalue weighted by Gasteiger charge is 2.48. The number of hydrogen-bond acceptors (Lipinski definition) is 6. The summed E-state index contributed by atoms with van der Waals surface area (Å²) in [7, 11) is 0. The van der Waals surface area contributed by atoms with E-state index in [1.165, 1.54) is 48.2 Å². The van der Waals surface area contributed by atoms with Gasteiger partial charge in [0.05, 0.1) is 18.4 Å². The van der Waals surface area contributed by atoms with Crippen LogP contribution in [0.25, 0.3) is 43.7 Å². The van der Waals surface area contributed by atoms with Gasteiger partial charge in [0, 0.05) is 37.7 Å². The number of aliphatic imine (C=N–C) groups is 1. The van der Waals surface area contributed by atoms with E-state index in [4.69, 9.17) is 14.1 Å². The molecule has 7 atom stereocenters. The first-order valence-corrected chi connectivity index (χ1v) is 19.1. The molecule has 6 aromatic rings. The fourth-order valence-electron chi connectivity index (χ4n) is 9.29. The SMILES string of the molecule is C1=CC2O[C@@H]3C=CC(C4NC(C5=Cc6c(sc7ccccc67)CC5)=NC(c5ccccc5)N4)CC3C2C(c2cccc3c2oc2ccccc23)=C1. The Morgan fingerprint density at radius 1 is 0.765 bits per heavy atom. The molecule has 1 saturated heterocycles. The Kier molecular flexibility index (Phi) is 6.86. The highest BCUT2D eigenvalue weighted by molar-refractivity contribution is 7.19. The summed E-state index contributed by atoms with van der Waals surface area (Å²) in [5, 5.41) is 11.5. The Morgan fingerprint density at radius 2 is 1.61 bits per heavy atom. The number of para-hydroxylation sites is 2. The van der Waals surface area contributed by atoms with Gasteiger partial charge in [0.15, 0.2) is 0 Å². The summed E-state index contributed by atoms with van der Waals surface area (Å²) >= 11 is 1.93. The van der Waals surface area contributed by atoms with Crippen molar-refractivity contribution in [1.29, 1.82) is 0 Å². The van der Waals surface area contributed by atoms with Crippen molar-refractivity contribution in [3.05, 3.63) is 155 Å². The van der Waals surface area contributed by atoms with Gasteiger partial charge in [0.2, 0.25) is 0 Å². The number of aryl methyl sites for hydroxylation is 1. The molecule has 250 valence electrons. The molecular formula is C45H37N3O2S. The first-order chi connectivity index (χ1) is 25.2. The monoisotopic (exact) mass is 683 g/mol. The molecule has 2 N–H and O–H groups in total. The van der Waals surface area contributed by atoms with E-state index in [1.807, 2.05) is 17.4 Å². The number of benzene rings is 4. The summed E-state index contributed by atoms with van der Waals surface area (Å²) in [6.45, 7) is 0. The van der Waals surface area contributed by atoms with Crippen LogP contribution in [0.15, 0.2) is 142 Å². The van der Waals surface area contributed by atoms with E-state index in [1.54, 1.807) is 0 Å². The van der Waals surface area contributed by atoms with E-state index < -0.39 is 0 Å². The van der Waals surface area contributed by atoms with Crippen LogP contribution in [0.3, 0.4) is 0 Å². The molecule has 5 nitrogen and oxygen atoms in total. The van der Waals surface area contributed by atoms with Gasteiger partial charge in [-0.3, -0.25) is 5.32 Å². The Balaban J connectivity index is 0.932. The predicted octanol–water partition coefficient (Wildman–Crippen LogP) is 9.98. The fraction of sp³-hybridized carbons (Fsp3) is 0.222. The van der Waals surface area contributed by atoms with Crippen LogP contribution in [0.2, 0.25) is 0 Å². The zero-order valence-corrected chi connectivity index (χ0v) is 28.9. The zero-order chi connectivity index (χ0) is 33.5. The summed E-state index contributed by atoms with van der Waals surface area (Å²) in [5.74, 6) is 1.83. The Labute approximate surface area is 300 Å². The van der Waals surface area contributed by atoms with Gasteiger partial charge in [0.25, 0.3) is 0 Å². The van der Waals surface area contributed by atoms with Crippen molar-refractivity contribution in [2.45, 2.75) is 43.8 Å². The van der Waals surface area contributed by atoms with E-state index >= 15 is 0 Å². The lowest BCUT2D eigenvalue weighted by molar-refractivity contribution is 0.0779.